The molecule has 5 nitrogen and oxygen atoms in total. The van der Waals surface area contributed by atoms with Crippen LogP contribution < -0.4 is 5.32 Å². The molecule has 0 aliphatic heterocycles. The van der Waals surface area contributed by atoms with Gasteiger partial charge in [-0.25, -0.2) is 4.39 Å². The number of hydrogen-bond donors (Lipinski definition) is 1. The van der Waals surface area contributed by atoms with Crippen molar-refractivity contribution in [2.45, 2.75) is 13.5 Å². The number of aryl methyl sites for hydroxylation is 1. The highest BCUT2D eigenvalue weighted by atomic mass is 19.1. The summed E-state index contributed by atoms with van der Waals surface area (Å²) >= 11 is 0. The van der Waals surface area contributed by atoms with E-state index in [0.717, 1.165) is 11.6 Å². The number of rotatable bonds is 4. The number of anilines is 1. The first-order chi connectivity index (χ1) is 9.08. The molecule has 0 aliphatic carbocycles. The van der Waals surface area contributed by atoms with Gasteiger partial charge in [0.15, 0.2) is 0 Å². The van der Waals surface area contributed by atoms with Gasteiger partial charge in [0.2, 0.25) is 0 Å². The molecule has 0 aliphatic rings. The summed E-state index contributed by atoms with van der Waals surface area (Å²) in [5, 5.41) is 13.8. The average Bonchev–Trinajstić information content (AvgIpc) is 2.40. The van der Waals surface area contributed by atoms with Crippen LogP contribution >= 0.6 is 0 Å². The van der Waals surface area contributed by atoms with Crippen molar-refractivity contribution in [3.8, 4) is 0 Å². The first-order valence-electron chi connectivity index (χ1n) is 5.65. The maximum atomic E-state index is 13.3. The Balaban J connectivity index is 2.24. The Labute approximate surface area is 109 Å². The molecule has 0 unspecified atom stereocenters. The van der Waals surface area contributed by atoms with Crippen LogP contribution in [0.3, 0.4) is 0 Å². The zero-order valence-electron chi connectivity index (χ0n) is 10.3. The highest BCUT2D eigenvalue weighted by Gasteiger charge is 2.16. The molecule has 0 spiro atoms. The standard InChI is InChI=1S/C13H12FN3O2/c1-9-5-12(13(17(18)19)6-11(9)14)16-8-10-3-2-4-15-7-10/h2-7,16H,8H2,1H3. The normalized spacial score (nSPS) is 10.2. The molecule has 0 saturated heterocycles. The summed E-state index contributed by atoms with van der Waals surface area (Å²) in [7, 11) is 0. The van der Waals surface area contributed by atoms with Crippen LogP contribution in [0.1, 0.15) is 11.1 Å². The van der Waals surface area contributed by atoms with Crippen molar-refractivity contribution >= 4 is 11.4 Å². The molecule has 6 heteroatoms. The van der Waals surface area contributed by atoms with E-state index < -0.39 is 10.7 Å². The molecule has 0 atom stereocenters. The minimum Gasteiger partial charge on any atom is -0.375 e. The van der Waals surface area contributed by atoms with Gasteiger partial charge in [-0.2, -0.15) is 0 Å². The van der Waals surface area contributed by atoms with Gasteiger partial charge in [-0.1, -0.05) is 6.07 Å². The summed E-state index contributed by atoms with van der Waals surface area (Å²) in [5.41, 5.74) is 1.28. The highest BCUT2D eigenvalue weighted by Crippen LogP contribution is 2.27. The first kappa shape index (κ1) is 12.9. The summed E-state index contributed by atoms with van der Waals surface area (Å²) < 4.78 is 13.3. The van der Waals surface area contributed by atoms with Crippen LogP contribution in [0.4, 0.5) is 15.8 Å². The molecule has 0 radical (unpaired) electrons. The molecular formula is C13H12FN3O2. The van der Waals surface area contributed by atoms with E-state index in [9.17, 15) is 14.5 Å². The van der Waals surface area contributed by atoms with Crippen LogP contribution in [-0.2, 0) is 6.54 Å². The zero-order chi connectivity index (χ0) is 13.8. The number of aromatic nitrogens is 1. The predicted molar refractivity (Wildman–Crippen MR) is 69.4 cm³/mol. The second-order valence-corrected chi connectivity index (χ2v) is 4.09. The Morgan fingerprint density at radius 3 is 2.89 bits per heavy atom. The topological polar surface area (TPSA) is 68.1 Å². The molecule has 2 aromatic rings. The Bertz CT molecular complexity index is 602. The van der Waals surface area contributed by atoms with E-state index in [1.807, 2.05) is 6.07 Å². The van der Waals surface area contributed by atoms with E-state index in [4.69, 9.17) is 0 Å². The average molecular weight is 261 g/mol. The maximum Gasteiger partial charge on any atom is 0.295 e. The number of nitrogens with one attached hydrogen (secondary N) is 1. The molecule has 1 N–H and O–H groups in total. The van der Waals surface area contributed by atoms with E-state index >= 15 is 0 Å². The van der Waals surface area contributed by atoms with Crippen LogP contribution in [0.15, 0.2) is 36.7 Å². The fraction of sp³-hybridized carbons (Fsp3) is 0.154. The highest BCUT2D eigenvalue weighted by molar-refractivity contribution is 5.63. The molecular weight excluding hydrogens is 249 g/mol. The van der Waals surface area contributed by atoms with Gasteiger partial charge in [-0.05, 0) is 30.2 Å². The number of hydrogen-bond acceptors (Lipinski definition) is 4. The smallest absolute Gasteiger partial charge is 0.295 e. The summed E-state index contributed by atoms with van der Waals surface area (Å²) in [5.74, 6) is -0.585. The lowest BCUT2D eigenvalue weighted by molar-refractivity contribution is -0.384. The van der Waals surface area contributed by atoms with Gasteiger partial charge in [-0.15, -0.1) is 0 Å². The Hall–Kier alpha value is -2.50. The van der Waals surface area contributed by atoms with Crippen LogP contribution in [0, 0.1) is 22.9 Å². The minimum atomic E-state index is -0.603. The molecule has 0 saturated carbocycles. The van der Waals surface area contributed by atoms with Gasteiger partial charge in [0.25, 0.3) is 5.69 Å². The number of pyridine rings is 1. The van der Waals surface area contributed by atoms with E-state index in [1.54, 1.807) is 25.4 Å². The lowest BCUT2D eigenvalue weighted by Crippen LogP contribution is -2.04. The third-order valence-electron chi connectivity index (χ3n) is 2.68. The fourth-order valence-corrected chi connectivity index (χ4v) is 1.66. The van der Waals surface area contributed by atoms with Crippen molar-refractivity contribution in [1.29, 1.82) is 0 Å². The SMILES string of the molecule is Cc1cc(NCc2cccnc2)c([N+](=O)[O-])cc1F. The van der Waals surface area contributed by atoms with Gasteiger partial charge in [0.05, 0.1) is 11.0 Å². The van der Waals surface area contributed by atoms with Crippen molar-refractivity contribution in [2.24, 2.45) is 0 Å². The summed E-state index contributed by atoms with van der Waals surface area (Å²) in [6.07, 6.45) is 3.31. The monoisotopic (exact) mass is 261 g/mol. The Kier molecular flexibility index (Phi) is 3.70. The van der Waals surface area contributed by atoms with Crippen molar-refractivity contribution in [1.82, 2.24) is 4.98 Å². The van der Waals surface area contributed by atoms with Crippen LogP contribution in [0.2, 0.25) is 0 Å². The summed E-state index contributed by atoms with van der Waals surface area (Å²) in [4.78, 5) is 14.2. The molecule has 1 heterocycles. The first-order valence-corrected chi connectivity index (χ1v) is 5.65. The molecule has 0 amide bonds. The molecule has 2 rings (SSSR count). The number of nitro benzene ring substituents is 1. The third-order valence-corrected chi connectivity index (χ3v) is 2.68. The van der Waals surface area contributed by atoms with E-state index in [1.165, 1.54) is 6.07 Å². The Morgan fingerprint density at radius 1 is 1.47 bits per heavy atom. The van der Waals surface area contributed by atoms with Crippen LogP contribution in [0.25, 0.3) is 0 Å². The molecule has 1 aromatic carbocycles. The second kappa shape index (κ2) is 5.43. The van der Waals surface area contributed by atoms with Gasteiger partial charge in [0.1, 0.15) is 11.5 Å². The fourth-order valence-electron chi connectivity index (χ4n) is 1.66. The van der Waals surface area contributed by atoms with Gasteiger partial charge in [-0.3, -0.25) is 15.1 Å². The summed E-state index contributed by atoms with van der Waals surface area (Å²) in [6.45, 7) is 1.95. The van der Waals surface area contributed by atoms with Gasteiger partial charge in [0, 0.05) is 18.9 Å². The number of benzene rings is 1. The quantitative estimate of drug-likeness (QED) is 0.678. The van der Waals surface area contributed by atoms with E-state index in [-0.39, 0.29) is 5.69 Å². The van der Waals surface area contributed by atoms with Crippen molar-refractivity contribution in [3.05, 3.63) is 63.7 Å². The summed E-state index contributed by atoms with van der Waals surface area (Å²) in [6, 6.07) is 5.99. The van der Waals surface area contributed by atoms with Crippen molar-refractivity contribution < 1.29 is 9.31 Å². The zero-order valence-corrected chi connectivity index (χ0v) is 10.3. The van der Waals surface area contributed by atoms with Crippen molar-refractivity contribution in [2.75, 3.05) is 5.32 Å². The lowest BCUT2D eigenvalue weighted by Gasteiger charge is -2.08. The molecule has 0 fully saturated rings. The predicted octanol–water partition coefficient (Wildman–Crippen LogP) is 3.05. The molecule has 0 bridgehead atoms. The molecule has 1 aromatic heterocycles. The number of halogens is 1. The molecule has 19 heavy (non-hydrogen) atoms. The lowest BCUT2D eigenvalue weighted by atomic mass is 10.1. The Morgan fingerprint density at radius 2 is 2.26 bits per heavy atom. The van der Waals surface area contributed by atoms with Crippen LogP contribution in [0.5, 0.6) is 0 Å². The number of nitrogens with zero attached hydrogens (tertiary/aromatic N) is 2. The van der Waals surface area contributed by atoms with Crippen LogP contribution in [-0.4, -0.2) is 9.91 Å². The molecule has 98 valence electrons. The largest absolute Gasteiger partial charge is 0.375 e. The third kappa shape index (κ3) is 3.04. The van der Waals surface area contributed by atoms with E-state index in [0.29, 0.717) is 17.8 Å². The van der Waals surface area contributed by atoms with E-state index in [2.05, 4.69) is 10.3 Å². The number of nitro groups is 1. The van der Waals surface area contributed by atoms with Gasteiger partial charge >= 0.3 is 0 Å². The minimum absolute atomic E-state index is 0.271. The second-order valence-electron chi connectivity index (χ2n) is 4.09. The maximum absolute atomic E-state index is 13.3. The van der Waals surface area contributed by atoms with Gasteiger partial charge < -0.3 is 5.32 Å². The van der Waals surface area contributed by atoms with Crippen molar-refractivity contribution in [3.63, 3.8) is 0 Å².